The molecular weight excluding hydrogens is 475 g/mol. The van der Waals surface area contributed by atoms with Gasteiger partial charge in [0.1, 0.15) is 0 Å². The van der Waals surface area contributed by atoms with Crippen molar-refractivity contribution in [3.63, 3.8) is 0 Å². The Hall–Kier alpha value is -0.993. The van der Waals surface area contributed by atoms with Crippen LogP contribution in [0.5, 0.6) is 0 Å². The van der Waals surface area contributed by atoms with Gasteiger partial charge in [-0.1, -0.05) is 19.2 Å². The van der Waals surface area contributed by atoms with Crippen molar-refractivity contribution < 1.29 is 57.1 Å². The van der Waals surface area contributed by atoms with Crippen LogP contribution >= 0.6 is 11.3 Å². The van der Waals surface area contributed by atoms with Gasteiger partial charge < -0.3 is 0 Å². The largest absolute Gasteiger partial charge is 0.460 e. The van der Waals surface area contributed by atoms with Gasteiger partial charge in [-0.05, 0) is 22.0 Å². The predicted molar refractivity (Wildman–Crippen MR) is 81.6 cm³/mol. The van der Waals surface area contributed by atoms with Crippen LogP contribution in [0, 0.1) is 0 Å². The summed E-state index contributed by atoms with van der Waals surface area (Å²) in [5.74, 6) is -36.4. The highest BCUT2D eigenvalue weighted by atomic mass is 32.1. The van der Waals surface area contributed by atoms with Crippen molar-refractivity contribution in [3.05, 3.63) is 16.8 Å². The number of rotatable bonds is 8. The maximum Gasteiger partial charge on any atom is 0.460 e. The predicted octanol–water partition coefficient (Wildman–Crippen LogP) is 6.79. The van der Waals surface area contributed by atoms with Crippen molar-refractivity contribution in [3.8, 4) is 0 Å². The topological polar surface area (TPSA) is 0 Å². The molecule has 1 rings (SSSR count). The van der Waals surface area contributed by atoms with E-state index in [0.717, 1.165) is 11.3 Å². The molecule has 0 aliphatic carbocycles. The minimum absolute atomic E-state index is 0.447. The van der Waals surface area contributed by atoms with Gasteiger partial charge in [-0.3, -0.25) is 0 Å². The van der Waals surface area contributed by atoms with Gasteiger partial charge in [-0.2, -0.15) is 68.4 Å². The summed E-state index contributed by atoms with van der Waals surface area (Å²) >= 11 is 1.11. The Bertz CT molecular complexity index is 691. The highest BCUT2D eigenvalue weighted by molar-refractivity contribution is 7.10. The van der Waals surface area contributed by atoms with Crippen molar-refractivity contribution >= 4 is 24.6 Å². The molecule has 0 aliphatic rings. The lowest BCUT2D eigenvalue weighted by atomic mass is 9.93. The number of halogens is 13. The van der Waals surface area contributed by atoms with E-state index in [1.54, 1.807) is 0 Å². The summed E-state index contributed by atoms with van der Waals surface area (Å²) in [5.41, 5.74) is 0. The zero-order valence-corrected chi connectivity index (χ0v) is 16.3. The first-order valence-electron chi connectivity index (χ1n) is 7.55. The lowest BCUT2D eigenvalue weighted by Gasteiger charge is -2.40. The van der Waals surface area contributed by atoms with E-state index < -0.39 is 56.3 Å². The first-order chi connectivity index (χ1) is 12.6. The molecule has 1 aromatic heterocycles. The van der Waals surface area contributed by atoms with Crippen LogP contribution in [0.4, 0.5) is 57.1 Å². The minimum atomic E-state index is -7.84. The fraction of sp³-hybridized carbons (Fsp3) is 0.714. The SMILES string of the molecule is C[Si](C)(CCC(F)(F)C(F)(F)C(F)(F)C(F)(F)C(F)(F)C(F)(F)F)c1ccsc1. The third-order valence-corrected chi connectivity index (χ3v) is 8.63. The van der Waals surface area contributed by atoms with Gasteiger partial charge in [0.2, 0.25) is 0 Å². The van der Waals surface area contributed by atoms with Gasteiger partial charge in [-0.15, -0.1) is 0 Å². The van der Waals surface area contributed by atoms with E-state index in [0.29, 0.717) is 5.19 Å². The summed E-state index contributed by atoms with van der Waals surface area (Å²) in [7, 11) is -2.95. The highest BCUT2D eigenvalue weighted by Gasteiger charge is 2.90. The fourth-order valence-electron chi connectivity index (χ4n) is 2.22. The molecule has 1 heterocycles. The van der Waals surface area contributed by atoms with Crippen LogP contribution in [0.1, 0.15) is 6.42 Å². The molecule has 0 N–H and O–H groups in total. The number of hydrogen-bond acceptors (Lipinski definition) is 1. The molecule has 0 spiro atoms. The Morgan fingerprint density at radius 1 is 0.724 bits per heavy atom. The van der Waals surface area contributed by atoms with Crippen molar-refractivity contribution in [2.24, 2.45) is 0 Å². The Morgan fingerprint density at radius 2 is 1.17 bits per heavy atom. The molecule has 0 radical (unpaired) electrons. The molecule has 0 aliphatic heterocycles. The van der Waals surface area contributed by atoms with Crippen molar-refractivity contribution in [1.29, 1.82) is 0 Å². The van der Waals surface area contributed by atoms with Crippen LogP contribution in [0.3, 0.4) is 0 Å². The molecule has 0 fully saturated rings. The second-order valence-electron chi connectivity index (χ2n) is 6.90. The molecular formula is C14H13F13SSi. The third kappa shape index (κ3) is 4.12. The smallest absolute Gasteiger partial charge is 0.200 e. The van der Waals surface area contributed by atoms with Gasteiger partial charge in [-0.25, -0.2) is 0 Å². The monoisotopic (exact) mass is 488 g/mol. The Morgan fingerprint density at radius 3 is 1.55 bits per heavy atom. The quantitative estimate of drug-likeness (QED) is 0.279. The molecule has 0 atom stereocenters. The lowest BCUT2D eigenvalue weighted by molar-refractivity contribution is -0.439. The van der Waals surface area contributed by atoms with Crippen LogP contribution in [-0.4, -0.2) is 43.9 Å². The Balaban J connectivity index is 3.25. The van der Waals surface area contributed by atoms with Crippen LogP contribution in [0.15, 0.2) is 16.8 Å². The summed E-state index contributed by atoms with van der Waals surface area (Å²) < 4.78 is 170. The molecule has 0 saturated heterocycles. The number of alkyl halides is 13. The fourth-order valence-corrected chi connectivity index (χ4v) is 6.11. The average Bonchev–Trinajstić information content (AvgIpc) is 3.06. The molecule has 0 aromatic carbocycles. The lowest BCUT2D eigenvalue weighted by Crippen LogP contribution is -2.70. The van der Waals surface area contributed by atoms with Crippen LogP contribution < -0.4 is 5.19 Å². The van der Waals surface area contributed by atoms with Gasteiger partial charge in [0.05, 0.1) is 8.07 Å². The molecule has 0 saturated carbocycles. The molecule has 0 nitrogen and oxygen atoms in total. The normalized spacial score (nSPS) is 15.7. The molecule has 29 heavy (non-hydrogen) atoms. The zero-order valence-electron chi connectivity index (χ0n) is 14.5. The average molecular weight is 488 g/mol. The molecule has 170 valence electrons. The van der Waals surface area contributed by atoms with Crippen LogP contribution in [-0.2, 0) is 0 Å². The minimum Gasteiger partial charge on any atom is -0.200 e. The van der Waals surface area contributed by atoms with E-state index in [-0.39, 0.29) is 0 Å². The molecule has 0 amide bonds. The Labute approximate surface area is 160 Å². The van der Waals surface area contributed by atoms with E-state index in [1.807, 2.05) is 0 Å². The van der Waals surface area contributed by atoms with E-state index in [4.69, 9.17) is 0 Å². The zero-order chi connectivity index (χ0) is 23.3. The van der Waals surface area contributed by atoms with Gasteiger partial charge in [0.15, 0.2) is 0 Å². The maximum absolute atomic E-state index is 13.8. The summed E-state index contributed by atoms with van der Waals surface area (Å²) in [6.45, 7) is 2.74. The number of hydrogen-bond donors (Lipinski definition) is 0. The summed E-state index contributed by atoms with van der Waals surface area (Å²) in [6.07, 6.45) is -9.52. The molecule has 0 bridgehead atoms. The number of thiophene rings is 1. The molecule has 15 heteroatoms. The van der Waals surface area contributed by atoms with Crippen LogP contribution in [0.2, 0.25) is 19.1 Å². The summed E-state index contributed by atoms with van der Waals surface area (Å²) in [5, 5.41) is 3.42. The standard InChI is InChI=1S/C14H13F13SSi/c1-29(2,8-3-5-28-7-8)6-4-9(15,16)10(17,18)11(19,20)12(21,22)13(23,24)14(25,26)27/h3,5,7H,4,6H2,1-2H3. The van der Waals surface area contributed by atoms with E-state index >= 15 is 0 Å². The van der Waals surface area contributed by atoms with Crippen molar-refractivity contribution in [1.82, 2.24) is 0 Å². The highest BCUT2D eigenvalue weighted by Crippen LogP contribution is 2.60. The van der Waals surface area contributed by atoms with E-state index in [1.165, 1.54) is 29.9 Å². The van der Waals surface area contributed by atoms with Gasteiger partial charge >= 0.3 is 35.8 Å². The second kappa shape index (κ2) is 7.30. The van der Waals surface area contributed by atoms with Gasteiger partial charge in [0.25, 0.3) is 0 Å². The van der Waals surface area contributed by atoms with Crippen molar-refractivity contribution in [2.45, 2.75) is 61.3 Å². The molecule has 0 unspecified atom stereocenters. The summed E-state index contributed by atoms with van der Waals surface area (Å²) in [6, 6.07) is 0.587. The first kappa shape index (κ1) is 26.0. The van der Waals surface area contributed by atoms with Crippen molar-refractivity contribution in [2.75, 3.05) is 0 Å². The maximum atomic E-state index is 13.8. The summed E-state index contributed by atoms with van der Waals surface area (Å²) in [4.78, 5) is 0. The second-order valence-corrected chi connectivity index (χ2v) is 12.5. The first-order valence-corrected chi connectivity index (χ1v) is 11.7. The third-order valence-electron chi connectivity index (χ3n) is 4.37. The molecule has 1 aromatic rings. The van der Waals surface area contributed by atoms with Gasteiger partial charge in [0, 0.05) is 6.42 Å². The Kier molecular flexibility index (Phi) is 6.56. The van der Waals surface area contributed by atoms with Crippen LogP contribution in [0.25, 0.3) is 0 Å². The van der Waals surface area contributed by atoms with E-state index in [9.17, 15) is 57.1 Å². The van der Waals surface area contributed by atoms with E-state index in [2.05, 4.69) is 0 Å².